The number of benzene rings is 2. The number of primary amides is 1. The Bertz CT molecular complexity index is 1290. The van der Waals surface area contributed by atoms with Crippen molar-refractivity contribution in [2.75, 3.05) is 12.8 Å². The van der Waals surface area contributed by atoms with Crippen LogP contribution in [0.25, 0.3) is 0 Å². The molecule has 3 aromatic rings. The van der Waals surface area contributed by atoms with Crippen molar-refractivity contribution in [3.05, 3.63) is 76.0 Å². The average Bonchev–Trinajstić information content (AvgIpc) is 3.31. The number of carbonyl (C=O) groups excluding carboxylic acids is 3. The molecule has 0 radical (unpaired) electrons. The van der Waals surface area contributed by atoms with Crippen molar-refractivity contribution in [1.82, 2.24) is 14.6 Å². The molecule has 38 heavy (non-hydrogen) atoms. The second-order valence-corrected chi connectivity index (χ2v) is 9.99. The Morgan fingerprint density at radius 2 is 1.76 bits per heavy atom. The van der Waals surface area contributed by atoms with Crippen LogP contribution in [0.3, 0.4) is 0 Å². The number of ether oxygens (including phenoxy) is 1. The molecule has 9 nitrogen and oxygen atoms in total. The minimum Gasteiger partial charge on any atom is -0.497 e. The zero-order chi connectivity index (χ0) is 27.2. The lowest BCUT2D eigenvalue weighted by molar-refractivity contribution is -0.127. The monoisotopic (exact) mass is 539 g/mol. The number of carbonyl (C=O) groups is 3. The summed E-state index contributed by atoms with van der Waals surface area (Å²) in [7, 11) is 1.55. The van der Waals surface area contributed by atoms with Crippen LogP contribution < -0.4 is 21.5 Å². The first-order chi connectivity index (χ1) is 18.3. The maximum Gasteiger partial charge on any atom is 0.270 e. The van der Waals surface area contributed by atoms with Gasteiger partial charge in [-0.1, -0.05) is 43.5 Å². The molecule has 2 aromatic carbocycles. The fraction of sp³-hybridized carbons (Fsp3) is 0.333. The highest BCUT2D eigenvalue weighted by molar-refractivity contribution is 7.09. The third-order valence-electron chi connectivity index (χ3n) is 6.63. The minimum absolute atomic E-state index is 0.00936. The summed E-state index contributed by atoms with van der Waals surface area (Å²) in [5.41, 5.74) is 12.3. The van der Waals surface area contributed by atoms with E-state index < -0.39 is 23.7 Å². The Morgan fingerprint density at radius 1 is 1.11 bits per heavy atom. The number of halogens is 1. The summed E-state index contributed by atoms with van der Waals surface area (Å²) in [5, 5.41) is 3.10. The highest BCUT2D eigenvalue weighted by Gasteiger charge is 2.36. The van der Waals surface area contributed by atoms with Crippen LogP contribution >= 0.6 is 11.5 Å². The van der Waals surface area contributed by atoms with Crippen LogP contribution in [0.2, 0.25) is 0 Å². The Balaban J connectivity index is 1.77. The van der Waals surface area contributed by atoms with Crippen LogP contribution in [0.4, 0.5) is 10.1 Å². The number of amides is 3. The number of nitrogen functional groups attached to an aromatic ring is 1. The molecular weight excluding hydrogens is 509 g/mol. The van der Waals surface area contributed by atoms with E-state index in [0.29, 0.717) is 11.3 Å². The van der Waals surface area contributed by atoms with E-state index in [9.17, 15) is 18.8 Å². The lowest BCUT2D eigenvalue weighted by Crippen LogP contribution is -2.46. The molecule has 1 aliphatic carbocycles. The minimum atomic E-state index is -1.11. The van der Waals surface area contributed by atoms with E-state index in [0.717, 1.165) is 49.2 Å². The zero-order valence-electron chi connectivity index (χ0n) is 21.0. The molecule has 1 heterocycles. The van der Waals surface area contributed by atoms with Crippen molar-refractivity contribution < 1.29 is 23.5 Å². The van der Waals surface area contributed by atoms with Crippen LogP contribution in [0.15, 0.2) is 48.5 Å². The van der Waals surface area contributed by atoms with Crippen molar-refractivity contribution in [2.24, 2.45) is 5.73 Å². The van der Waals surface area contributed by atoms with E-state index in [2.05, 4.69) is 9.69 Å². The van der Waals surface area contributed by atoms with Gasteiger partial charge in [0.2, 0.25) is 5.91 Å². The molecule has 0 spiro atoms. The Morgan fingerprint density at radius 3 is 2.34 bits per heavy atom. The van der Waals surface area contributed by atoms with Gasteiger partial charge >= 0.3 is 0 Å². The highest BCUT2D eigenvalue weighted by Crippen LogP contribution is 2.31. The fourth-order valence-electron chi connectivity index (χ4n) is 4.61. The number of hydrogen-bond acceptors (Lipinski definition) is 7. The van der Waals surface area contributed by atoms with Crippen molar-refractivity contribution in [1.29, 1.82) is 0 Å². The molecule has 11 heteroatoms. The van der Waals surface area contributed by atoms with Gasteiger partial charge in [-0.25, -0.2) is 4.39 Å². The van der Waals surface area contributed by atoms with Crippen molar-refractivity contribution >= 4 is 34.9 Å². The van der Waals surface area contributed by atoms with Crippen LogP contribution in [-0.2, 0) is 11.3 Å². The van der Waals surface area contributed by atoms with Crippen molar-refractivity contribution in [3.8, 4) is 5.75 Å². The standard InChI is InChI=1S/C27H30FN5O4S/c1-37-20-13-7-16(8-14-20)15-33(27(36)24-21(29)22(25(30)34)32-38-24)23(17-9-11-18(28)12-10-17)26(35)31-19-5-3-2-4-6-19/h7-14,19,23H,2-6,15,29H2,1H3,(H2,30,34)(H,31,35)/t23-/m0/s1. The zero-order valence-corrected chi connectivity index (χ0v) is 21.8. The lowest BCUT2D eigenvalue weighted by Gasteiger charge is -2.33. The second-order valence-electron chi connectivity index (χ2n) is 9.22. The Kier molecular flexibility index (Phi) is 8.57. The number of nitrogens with one attached hydrogen (secondary N) is 1. The lowest BCUT2D eigenvalue weighted by atomic mass is 9.94. The average molecular weight is 540 g/mol. The molecule has 1 atom stereocenters. The summed E-state index contributed by atoms with van der Waals surface area (Å²) in [6.45, 7) is 0.0200. The first kappa shape index (κ1) is 27.1. The van der Waals surface area contributed by atoms with Crippen LogP contribution in [0.5, 0.6) is 5.75 Å². The van der Waals surface area contributed by atoms with E-state index in [1.807, 2.05) is 0 Å². The summed E-state index contributed by atoms with van der Waals surface area (Å²) in [6, 6.07) is 11.4. The smallest absolute Gasteiger partial charge is 0.270 e. The number of nitrogens with two attached hydrogens (primary N) is 2. The predicted octanol–water partition coefficient (Wildman–Crippen LogP) is 3.80. The first-order valence-electron chi connectivity index (χ1n) is 12.3. The van der Waals surface area contributed by atoms with Gasteiger partial charge in [0.05, 0.1) is 12.8 Å². The molecular formula is C27H30FN5O4S. The molecule has 0 saturated heterocycles. The topological polar surface area (TPSA) is 141 Å². The van der Waals surface area contributed by atoms with Gasteiger partial charge in [-0.3, -0.25) is 14.4 Å². The Hall–Kier alpha value is -3.99. The van der Waals surface area contributed by atoms with Gasteiger partial charge in [0.1, 0.15) is 22.5 Å². The molecule has 0 aliphatic heterocycles. The van der Waals surface area contributed by atoms with E-state index in [1.165, 1.54) is 29.2 Å². The third-order valence-corrected chi connectivity index (χ3v) is 7.48. The summed E-state index contributed by atoms with van der Waals surface area (Å²) in [6.07, 6.45) is 4.82. The third kappa shape index (κ3) is 6.10. The van der Waals surface area contributed by atoms with E-state index in [-0.39, 0.29) is 34.8 Å². The molecule has 4 rings (SSSR count). The molecule has 1 saturated carbocycles. The number of anilines is 1. The quantitative estimate of drug-likeness (QED) is 0.378. The summed E-state index contributed by atoms with van der Waals surface area (Å²) >= 11 is 0.741. The summed E-state index contributed by atoms with van der Waals surface area (Å²) in [4.78, 5) is 40.9. The van der Waals surface area contributed by atoms with Gasteiger partial charge in [0, 0.05) is 12.6 Å². The van der Waals surface area contributed by atoms with Crippen molar-refractivity contribution in [2.45, 2.75) is 50.7 Å². The predicted molar refractivity (Wildman–Crippen MR) is 142 cm³/mol. The summed E-state index contributed by atoms with van der Waals surface area (Å²) in [5.74, 6) is -1.68. The van der Waals surface area contributed by atoms with Gasteiger partial charge in [-0.15, -0.1) is 0 Å². The largest absolute Gasteiger partial charge is 0.497 e. The molecule has 200 valence electrons. The fourth-order valence-corrected chi connectivity index (χ4v) is 5.37. The maximum atomic E-state index is 14.0. The number of nitrogens with zero attached hydrogens (tertiary/aromatic N) is 2. The maximum absolute atomic E-state index is 14.0. The molecule has 0 bridgehead atoms. The number of hydrogen-bond donors (Lipinski definition) is 3. The molecule has 1 aromatic heterocycles. The van der Waals surface area contributed by atoms with Gasteiger partial charge in [-0.2, -0.15) is 4.37 Å². The van der Waals surface area contributed by atoms with Gasteiger partial charge < -0.3 is 26.4 Å². The van der Waals surface area contributed by atoms with Crippen LogP contribution in [-0.4, -0.2) is 40.1 Å². The number of rotatable bonds is 9. The number of aromatic nitrogens is 1. The van der Waals surface area contributed by atoms with Crippen molar-refractivity contribution in [3.63, 3.8) is 0 Å². The molecule has 1 aliphatic rings. The number of methoxy groups -OCH3 is 1. The SMILES string of the molecule is COc1ccc(CN(C(=O)c2snc(C(N)=O)c2N)[C@H](C(=O)NC2CCCCC2)c2ccc(F)cc2)cc1. The van der Waals surface area contributed by atoms with E-state index >= 15 is 0 Å². The normalized spacial score (nSPS) is 14.5. The first-order valence-corrected chi connectivity index (χ1v) is 13.1. The van der Waals surface area contributed by atoms with Crippen LogP contribution in [0, 0.1) is 5.82 Å². The van der Waals surface area contributed by atoms with Gasteiger partial charge in [0.25, 0.3) is 11.8 Å². The molecule has 1 fully saturated rings. The second kappa shape index (κ2) is 12.0. The summed E-state index contributed by atoms with van der Waals surface area (Å²) < 4.78 is 23.0. The van der Waals surface area contributed by atoms with Crippen LogP contribution in [0.1, 0.15) is 69.4 Å². The molecule has 5 N–H and O–H groups in total. The molecule has 0 unspecified atom stereocenters. The molecule has 3 amide bonds. The highest BCUT2D eigenvalue weighted by atomic mass is 32.1. The van der Waals surface area contributed by atoms with Gasteiger partial charge in [0.15, 0.2) is 5.69 Å². The van der Waals surface area contributed by atoms with Gasteiger partial charge in [-0.05, 0) is 59.8 Å². The Labute approximate surface area is 224 Å². The van der Waals surface area contributed by atoms with E-state index in [1.54, 1.807) is 31.4 Å². The van der Waals surface area contributed by atoms with E-state index in [4.69, 9.17) is 16.2 Å².